The van der Waals surface area contributed by atoms with E-state index in [0.717, 1.165) is 6.42 Å². The summed E-state index contributed by atoms with van der Waals surface area (Å²) in [6.07, 6.45) is 0.229. The van der Waals surface area contributed by atoms with Crippen LogP contribution in [-0.2, 0) is 6.42 Å². The number of aliphatic hydroxyl groups excluding tert-OH is 3. The van der Waals surface area contributed by atoms with Crippen molar-refractivity contribution in [3.8, 4) is 11.5 Å². The molecule has 2 aliphatic rings. The van der Waals surface area contributed by atoms with Gasteiger partial charge in [-0.2, -0.15) is 0 Å². The molecule has 0 saturated carbocycles. The molecular formula is C22H24O7. The Kier molecular flexibility index (Phi) is 4.20. The minimum Gasteiger partial charge on any atom is -0.505 e. The molecule has 1 aromatic carbocycles. The molecule has 29 heavy (non-hydrogen) atoms. The molecule has 3 N–H and O–H groups in total. The molecule has 0 spiro atoms. The fourth-order valence-electron chi connectivity index (χ4n) is 3.93. The lowest BCUT2D eigenvalue weighted by molar-refractivity contribution is 0.0865. The average molecular weight is 400 g/mol. The number of ether oxygens (including phenoxy) is 2. The van der Waals surface area contributed by atoms with Gasteiger partial charge in [-0.3, -0.25) is 0 Å². The van der Waals surface area contributed by atoms with Crippen LogP contribution in [0.25, 0.3) is 16.7 Å². The molecule has 2 aromatic rings. The van der Waals surface area contributed by atoms with Gasteiger partial charge in [-0.05, 0) is 45.3 Å². The molecule has 3 heterocycles. The summed E-state index contributed by atoms with van der Waals surface area (Å²) in [5.74, 6) is 0.0894. The zero-order valence-corrected chi connectivity index (χ0v) is 17.0. The number of allylic oxidation sites excluding steroid dienone is 1. The number of aliphatic hydroxyl groups is 3. The van der Waals surface area contributed by atoms with E-state index in [4.69, 9.17) is 13.9 Å². The number of rotatable bonds is 2. The minimum absolute atomic E-state index is 0.111. The quantitative estimate of drug-likeness (QED) is 0.640. The highest BCUT2D eigenvalue weighted by atomic mass is 16.5. The van der Waals surface area contributed by atoms with E-state index in [9.17, 15) is 20.1 Å². The monoisotopic (exact) mass is 400 g/mol. The van der Waals surface area contributed by atoms with Crippen LogP contribution >= 0.6 is 0 Å². The first-order chi connectivity index (χ1) is 13.6. The maximum Gasteiger partial charge on any atom is 0.336 e. The van der Waals surface area contributed by atoms with E-state index in [-0.39, 0.29) is 39.7 Å². The summed E-state index contributed by atoms with van der Waals surface area (Å²) in [7, 11) is 0. The van der Waals surface area contributed by atoms with Crippen molar-refractivity contribution in [2.24, 2.45) is 0 Å². The fraction of sp³-hybridized carbons (Fsp3) is 0.409. The second-order valence-corrected chi connectivity index (χ2v) is 8.05. The number of benzene rings is 1. The van der Waals surface area contributed by atoms with Crippen molar-refractivity contribution >= 4 is 16.7 Å². The third-order valence-electron chi connectivity index (χ3n) is 5.62. The van der Waals surface area contributed by atoms with Gasteiger partial charge in [0, 0.05) is 6.07 Å². The third-order valence-corrected chi connectivity index (χ3v) is 5.62. The van der Waals surface area contributed by atoms with Crippen LogP contribution in [0.5, 0.6) is 11.5 Å². The summed E-state index contributed by atoms with van der Waals surface area (Å²) in [5.41, 5.74) is 0.0364. The molecule has 4 rings (SSSR count). The average Bonchev–Trinajstić information content (AvgIpc) is 2.63. The van der Waals surface area contributed by atoms with Gasteiger partial charge in [0.2, 0.25) is 0 Å². The topological polar surface area (TPSA) is 109 Å². The zero-order valence-electron chi connectivity index (χ0n) is 17.0. The van der Waals surface area contributed by atoms with Crippen LogP contribution in [0, 0.1) is 0 Å². The number of aryl methyl sites for hydroxylation is 1. The third kappa shape index (κ3) is 2.64. The second-order valence-electron chi connectivity index (χ2n) is 8.05. The summed E-state index contributed by atoms with van der Waals surface area (Å²) >= 11 is 0. The van der Waals surface area contributed by atoms with Gasteiger partial charge < -0.3 is 29.2 Å². The summed E-state index contributed by atoms with van der Waals surface area (Å²) in [4.78, 5) is 12.3. The normalized spacial score (nSPS) is 20.3. The lowest BCUT2D eigenvalue weighted by atomic mass is 9.87. The number of hydrogen-bond donors (Lipinski definition) is 3. The van der Waals surface area contributed by atoms with Gasteiger partial charge in [0.25, 0.3) is 0 Å². The molecule has 154 valence electrons. The molecule has 2 aliphatic heterocycles. The van der Waals surface area contributed by atoms with Crippen molar-refractivity contribution in [1.82, 2.24) is 0 Å². The Hall–Kier alpha value is -2.93. The van der Waals surface area contributed by atoms with E-state index in [0.29, 0.717) is 28.7 Å². The molecule has 0 aliphatic carbocycles. The summed E-state index contributed by atoms with van der Waals surface area (Å²) < 4.78 is 17.6. The Morgan fingerprint density at radius 3 is 2.52 bits per heavy atom. The molecule has 0 saturated heterocycles. The highest BCUT2D eigenvalue weighted by Gasteiger charge is 2.43. The first-order valence-corrected chi connectivity index (χ1v) is 9.60. The van der Waals surface area contributed by atoms with Crippen LogP contribution in [0.4, 0.5) is 0 Å². The summed E-state index contributed by atoms with van der Waals surface area (Å²) in [5, 5.41) is 32.9. The largest absolute Gasteiger partial charge is 0.505 e. The van der Waals surface area contributed by atoms with Crippen LogP contribution in [-0.4, -0.2) is 20.9 Å². The van der Waals surface area contributed by atoms with Gasteiger partial charge in [-0.15, -0.1) is 0 Å². The Labute approximate surface area is 167 Å². The van der Waals surface area contributed by atoms with Crippen molar-refractivity contribution in [1.29, 1.82) is 0 Å². The van der Waals surface area contributed by atoms with E-state index in [1.54, 1.807) is 27.7 Å². The maximum atomic E-state index is 12.3. The Morgan fingerprint density at radius 1 is 1.17 bits per heavy atom. The zero-order chi connectivity index (χ0) is 21.2. The second kappa shape index (κ2) is 6.29. The lowest BCUT2D eigenvalue weighted by Gasteiger charge is -2.36. The predicted octanol–water partition coefficient (Wildman–Crippen LogP) is 4.42. The molecule has 0 radical (unpaired) electrons. The molecule has 1 atom stereocenters. The molecule has 7 heteroatoms. The van der Waals surface area contributed by atoms with Gasteiger partial charge in [0.15, 0.2) is 28.5 Å². The van der Waals surface area contributed by atoms with Crippen LogP contribution < -0.4 is 15.1 Å². The van der Waals surface area contributed by atoms with E-state index >= 15 is 0 Å². The predicted molar refractivity (Wildman–Crippen MR) is 107 cm³/mol. The van der Waals surface area contributed by atoms with Gasteiger partial charge in [0.1, 0.15) is 23.2 Å². The van der Waals surface area contributed by atoms with E-state index in [1.807, 2.05) is 6.92 Å². The molecule has 1 aromatic heterocycles. The standard InChI is InChI=1S/C22H24O7/c1-6-7-11-8-12(23)28-18-13(11)20-15(17(25)21(26)22(4,5)29-20)19-14(18)16(24)9(2)10(3)27-19/h8,16,24-26H,6-7H2,1-5H3. The van der Waals surface area contributed by atoms with Crippen LogP contribution in [0.1, 0.15) is 63.8 Å². The fourth-order valence-corrected chi connectivity index (χ4v) is 3.93. The SMILES string of the molecule is CCCc1cc(=O)oc2c3c(c4c(c12)OC(C)(C)C(O)=C4O)OC(C)=C(C)C3O. The van der Waals surface area contributed by atoms with E-state index in [1.165, 1.54) is 6.07 Å². The van der Waals surface area contributed by atoms with E-state index < -0.39 is 17.3 Å². The molecule has 1 unspecified atom stereocenters. The number of hydrogen-bond acceptors (Lipinski definition) is 7. The van der Waals surface area contributed by atoms with Crippen molar-refractivity contribution in [3.63, 3.8) is 0 Å². The Bertz CT molecular complexity index is 1160. The van der Waals surface area contributed by atoms with Crippen LogP contribution in [0.2, 0.25) is 0 Å². The van der Waals surface area contributed by atoms with Gasteiger partial charge in [-0.1, -0.05) is 13.3 Å². The number of fused-ring (bicyclic) bond motifs is 6. The van der Waals surface area contributed by atoms with Crippen LogP contribution in [0.3, 0.4) is 0 Å². The Morgan fingerprint density at radius 2 is 1.86 bits per heavy atom. The highest BCUT2D eigenvalue weighted by Crippen LogP contribution is 2.54. The maximum absolute atomic E-state index is 12.3. The summed E-state index contributed by atoms with van der Waals surface area (Å²) in [6, 6.07) is 1.40. The molecule has 7 nitrogen and oxygen atoms in total. The van der Waals surface area contributed by atoms with Gasteiger partial charge in [-0.25, -0.2) is 4.79 Å². The molecular weight excluding hydrogens is 376 g/mol. The van der Waals surface area contributed by atoms with Crippen molar-refractivity contribution < 1.29 is 29.2 Å². The van der Waals surface area contributed by atoms with E-state index in [2.05, 4.69) is 0 Å². The smallest absolute Gasteiger partial charge is 0.336 e. The lowest BCUT2D eigenvalue weighted by Crippen LogP contribution is -2.35. The Balaban J connectivity index is 2.25. The first kappa shape index (κ1) is 19.4. The highest BCUT2D eigenvalue weighted by molar-refractivity contribution is 5.98. The van der Waals surface area contributed by atoms with Crippen LogP contribution in [0.15, 0.2) is 32.4 Å². The van der Waals surface area contributed by atoms with Gasteiger partial charge in [0.05, 0.1) is 10.9 Å². The summed E-state index contributed by atoms with van der Waals surface area (Å²) in [6.45, 7) is 8.63. The van der Waals surface area contributed by atoms with Crippen molar-refractivity contribution in [2.45, 2.75) is 59.2 Å². The first-order valence-electron chi connectivity index (χ1n) is 9.60. The van der Waals surface area contributed by atoms with Crippen molar-refractivity contribution in [3.05, 3.63) is 50.3 Å². The molecule has 0 bridgehead atoms. The molecule has 0 fully saturated rings. The molecule has 0 amide bonds. The minimum atomic E-state index is -1.20. The van der Waals surface area contributed by atoms with Gasteiger partial charge >= 0.3 is 5.63 Å². The van der Waals surface area contributed by atoms with Crippen molar-refractivity contribution in [2.75, 3.05) is 0 Å².